The molecule has 0 aliphatic carbocycles. The van der Waals surface area contributed by atoms with E-state index in [0.29, 0.717) is 23.2 Å². The van der Waals surface area contributed by atoms with Gasteiger partial charge in [-0.2, -0.15) is 0 Å². The van der Waals surface area contributed by atoms with E-state index >= 15 is 0 Å². The maximum absolute atomic E-state index is 13.0. The molecule has 47 heavy (non-hydrogen) atoms. The quantitative estimate of drug-likeness (QED) is 0.101. The molecule has 0 saturated carbocycles. The van der Waals surface area contributed by atoms with E-state index in [-0.39, 0.29) is 12.8 Å². The summed E-state index contributed by atoms with van der Waals surface area (Å²) in [7, 11) is -3.65. The zero-order valence-electron chi connectivity index (χ0n) is 27.6. The van der Waals surface area contributed by atoms with E-state index in [1.165, 1.54) is 7.05 Å². The van der Waals surface area contributed by atoms with Crippen LogP contribution in [0.25, 0.3) is 0 Å². The predicted molar refractivity (Wildman–Crippen MR) is 175 cm³/mol. The summed E-state index contributed by atoms with van der Waals surface area (Å²) in [4.78, 5) is 69.3. The van der Waals surface area contributed by atoms with E-state index in [2.05, 4.69) is 52.5 Å². The Hall–Kier alpha value is -4.17. The molecule has 0 aliphatic heterocycles. The van der Waals surface area contributed by atoms with Gasteiger partial charge in [-0.05, 0) is 55.0 Å². The molecular weight excluding hydrogens is 635 g/mol. The van der Waals surface area contributed by atoms with Crippen LogP contribution < -0.4 is 15.5 Å². The molecule has 4 N–H and O–H groups in total. The van der Waals surface area contributed by atoms with Crippen molar-refractivity contribution in [1.82, 2.24) is 4.90 Å². The van der Waals surface area contributed by atoms with Crippen LogP contribution in [0, 0.1) is 18.8 Å². The average molecular weight is 681 g/mol. The third-order valence-electron chi connectivity index (χ3n) is 6.27. The van der Waals surface area contributed by atoms with Gasteiger partial charge in [0.25, 0.3) is 0 Å². The number of amides is 3. The Bertz CT molecular complexity index is 1390. The van der Waals surface area contributed by atoms with Crippen LogP contribution in [-0.4, -0.2) is 79.0 Å². The SMILES string of the molecule is Cc1ccc(NC(=O)Nc2cc(CCC(=O)OCOC(=O)CN(C)C(=O)OCOP(=O)(O)O)ccc2N(CC(C)C)CC(C)C)cc1. The molecule has 0 unspecified atom stereocenters. The summed E-state index contributed by atoms with van der Waals surface area (Å²) in [6.07, 6.45) is -0.864. The lowest BCUT2D eigenvalue weighted by Gasteiger charge is -2.30. The Kier molecular flexibility index (Phi) is 15.6. The molecule has 0 bridgehead atoms. The monoisotopic (exact) mass is 680 g/mol. The molecular formula is C31H45N4O11P. The molecule has 0 spiro atoms. The van der Waals surface area contributed by atoms with Crippen LogP contribution in [0.2, 0.25) is 0 Å². The van der Waals surface area contributed by atoms with Crippen LogP contribution in [0.5, 0.6) is 0 Å². The molecule has 0 saturated heterocycles. The highest BCUT2D eigenvalue weighted by Gasteiger charge is 2.20. The number of rotatable bonds is 17. The number of esters is 2. The first-order valence-electron chi connectivity index (χ1n) is 14.9. The molecule has 260 valence electrons. The van der Waals surface area contributed by atoms with Gasteiger partial charge in [0, 0.05) is 32.2 Å². The lowest BCUT2D eigenvalue weighted by atomic mass is 10.1. The van der Waals surface area contributed by atoms with Gasteiger partial charge in [0.05, 0.1) is 11.4 Å². The number of urea groups is 1. The number of aryl methyl sites for hydroxylation is 2. The van der Waals surface area contributed by atoms with Crippen molar-refractivity contribution in [2.24, 2.45) is 11.8 Å². The largest absolute Gasteiger partial charge is 0.472 e. The number of benzene rings is 2. The minimum atomic E-state index is -4.82. The van der Waals surface area contributed by atoms with Gasteiger partial charge in [-0.15, -0.1) is 0 Å². The van der Waals surface area contributed by atoms with Crippen LogP contribution in [0.1, 0.15) is 45.2 Å². The molecule has 0 atom stereocenters. The highest BCUT2D eigenvalue weighted by Crippen LogP contribution is 2.35. The second-order valence-electron chi connectivity index (χ2n) is 11.6. The first-order chi connectivity index (χ1) is 22.0. The van der Waals surface area contributed by atoms with Gasteiger partial charge in [0.1, 0.15) is 6.54 Å². The van der Waals surface area contributed by atoms with Crippen molar-refractivity contribution in [2.75, 3.05) is 55.8 Å². The summed E-state index contributed by atoms with van der Waals surface area (Å²) < 4.78 is 28.9. The Labute approximate surface area is 274 Å². The molecule has 0 fully saturated rings. The van der Waals surface area contributed by atoms with E-state index < -0.39 is 52.0 Å². The topological polar surface area (TPSA) is 193 Å². The number of phosphoric acid groups is 1. The Morgan fingerprint density at radius 3 is 2.06 bits per heavy atom. The summed E-state index contributed by atoms with van der Waals surface area (Å²) in [5, 5.41) is 5.83. The summed E-state index contributed by atoms with van der Waals surface area (Å²) in [5.74, 6) is -0.820. The third-order valence-corrected chi connectivity index (χ3v) is 6.71. The molecule has 2 aromatic rings. The zero-order valence-corrected chi connectivity index (χ0v) is 28.5. The fourth-order valence-corrected chi connectivity index (χ4v) is 4.42. The van der Waals surface area contributed by atoms with Crippen molar-refractivity contribution in [3.8, 4) is 0 Å². The number of nitrogens with one attached hydrogen (secondary N) is 2. The number of hydrogen-bond acceptors (Lipinski definition) is 10. The van der Waals surface area contributed by atoms with Gasteiger partial charge in [-0.25, -0.2) is 18.7 Å². The lowest BCUT2D eigenvalue weighted by molar-refractivity contribution is -0.167. The fourth-order valence-electron chi connectivity index (χ4n) is 4.23. The standard InChI is InChI=1S/C31H45N4O11P/c1-21(2)16-35(17-22(3)4)27-13-9-24(15-26(27)33-30(38)32-25-11-7-23(5)8-12-25)10-14-28(36)43-19-44-29(37)18-34(6)31(39)45-20-46-47(40,41)42/h7-9,11-13,15,21-22H,10,14,16-20H2,1-6H3,(H2,32,33,38)(H2,40,41,42). The predicted octanol–water partition coefficient (Wildman–Crippen LogP) is 4.87. The van der Waals surface area contributed by atoms with Crippen molar-refractivity contribution in [2.45, 2.75) is 47.5 Å². The van der Waals surface area contributed by atoms with E-state index in [4.69, 9.17) is 19.3 Å². The number of nitrogens with zero attached hydrogens (tertiary/aromatic N) is 2. The molecule has 16 heteroatoms. The van der Waals surface area contributed by atoms with Gasteiger partial charge in [-0.3, -0.25) is 9.59 Å². The average Bonchev–Trinajstić information content (AvgIpc) is 2.95. The van der Waals surface area contributed by atoms with Crippen LogP contribution in [0.3, 0.4) is 0 Å². The van der Waals surface area contributed by atoms with Crippen molar-refractivity contribution < 1.29 is 52.3 Å². The zero-order chi connectivity index (χ0) is 35.1. The first kappa shape index (κ1) is 39.0. The number of phosphoric ester groups is 1. The van der Waals surface area contributed by atoms with Crippen molar-refractivity contribution >= 4 is 48.9 Å². The number of likely N-dealkylation sites (N-methyl/N-ethyl adjacent to an activating group) is 1. The van der Waals surface area contributed by atoms with Gasteiger partial charge in [0.15, 0.2) is 0 Å². The van der Waals surface area contributed by atoms with Crippen LogP contribution in [0.15, 0.2) is 42.5 Å². The van der Waals surface area contributed by atoms with Crippen LogP contribution >= 0.6 is 7.82 Å². The molecule has 2 aromatic carbocycles. The number of ether oxygens (including phenoxy) is 3. The minimum Gasteiger partial charge on any atom is -0.428 e. The minimum absolute atomic E-state index is 0.0423. The Morgan fingerprint density at radius 2 is 1.47 bits per heavy atom. The Balaban J connectivity index is 1.99. The second-order valence-corrected chi connectivity index (χ2v) is 12.9. The van der Waals surface area contributed by atoms with Crippen LogP contribution in [0.4, 0.5) is 26.7 Å². The summed E-state index contributed by atoms with van der Waals surface area (Å²) >= 11 is 0. The molecule has 3 amide bonds. The molecule has 15 nitrogen and oxygen atoms in total. The molecule has 0 aliphatic rings. The number of carbonyl (C=O) groups is 4. The van der Waals surface area contributed by atoms with Crippen LogP contribution in [-0.2, 0) is 39.3 Å². The van der Waals surface area contributed by atoms with Crippen molar-refractivity contribution in [3.05, 3.63) is 53.6 Å². The Morgan fingerprint density at radius 1 is 0.851 bits per heavy atom. The number of hydrogen-bond donors (Lipinski definition) is 4. The van der Waals surface area contributed by atoms with E-state index in [1.54, 1.807) is 0 Å². The maximum atomic E-state index is 13.0. The van der Waals surface area contributed by atoms with Gasteiger partial charge >= 0.3 is 31.9 Å². The summed E-state index contributed by atoms with van der Waals surface area (Å²) in [5.41, 5.74) is 3.93. The van der Waals surface area contributed by atoms with E-state index in [0.717, 1.165) is 34.8 Å². The van der Waals surface area contributed by atoms with E-state index in [9.17, 15) is 23.7 Å². The molecule has 0 aromatic heterocycles. The summed E-state index contributed by atoms with van der Waals surface area (Å²) in [6, 6.07) is 12.7. The van der Waals surface area contributed by atoms with Gasteiger partial charge < -0.3 is 44.4 Å². The smallest absolute Gasteiger partial charge is 0.428 e. The van der Waals surface area contributed by atoms with Crippen molar-refractivity contribution in [3.63, 3.8) is 0 Å². The third kappa shape index (κ3) is 15.8. The molecule has 0 heterocycles. The van der Waals surface area contributed by atoms with Gasteiger partial charge in [0.2, 0.25) is 13.6 Å². The summed E-state index contributed by atoms with van der Waals surface area (Å²) in [6.45, 7) is 9.73. The maximum Gasteiger partial charge on any atom is 0.472 e. The lowest BCUT2D eigenvalue weighted by Crippen LogP contribution is -2.34. The van der Waals surface area contributed by atoms with Crippen molar-refractivity contribution in [1.29, 1.82) is 0 Å². The normalized spacial score (nSPS) is 11.2. The second kappa shape index (κ2) is 18.8. The van der Waals surface area contributed by atoms with Gasteiger partial charge in [-0.1, -0.05) is 51.5 Å². The fraction of sp³-hybridized carbons (Fsp3) is 0.484. The number of anilines is 3. The number of carbonyl (C=O) groups excluding carboxylic acids is 4. The molecule has 2 rings (SSSR count). The highest BCUT2D eigenvalue weighted by atomic mass is 31.2. The highest BCUT2D eigenvalue weighted by molar-refractivity contribution is 7.46. The molecule has 0 radical (unpaired) electrons. The first-order valence-corrected chi connectivity index (χ1v) is 16.5. The van der Waals surface area contributed by atoms with E-state index in [1.807, 2.05) is 49.4 Å².